The van der Waals surface area contributed by atoms with Crippen LogP contribution in [0.2, 0.25) is 0 Å². The van der Waals surface area contributed by atoms with Gasteiger partial charge in [0.2, 0.25) is 5.13 Å². The van der Waals surface area contributed by atoms with Crippen molar-refractivity contribution < 1.29 is 9.53 Å². The Morgan fingerprint density at radius 1 is 1.25 bits per heavy atom. The molecule has 0 aromatic carbocycles. The molecule has 1 heterocycles. The summed E-state index contributed by atoms with van der Waals surface area (Å²) in [5, 5.41) is 3.81. The molecule has 1 aromatic rings. The van der Waals surface area contributed by atoms with E-state index in [2.05, 4.69) is 14.7 Å². The quantitative estimate of drug-likeness (QED) is 0.844. The highest BCUT2D eigenvalue weighted by molar-refractivity contribution is 7.09. The van der Waals surface area contributed by atoms with E-state index in [0.29, 0.717) is 5.13 Å². The minimum Gasteiger partial charge on any atom is -0.458 e. The lowest BCUT2D eigenvalue weighted by atomic mass is 10.0. The molecule has 114 valence electrons. The number of anilines is 1. The summed E-state index contributed by atoms with van der Waals surface area (Å²) in [6.45, 7) is 13.6. The molecule has 0 bridgehead atoms. The van der Waals surface area contributed by atoms with Crippen molar-refractivity contribution in [3.8, 4) is 0 Å². The summed E-state index contributed by atoms with van der Waals surface area (Å²) >= 11 is 1.28. The van der Waals surface area contributed by atoms with Crippen molar-refractivity contribution in [2.24, 2.45) is 5.92 Å². The third-order valence-corrected chi connectivity index (χ3v) is 3.22. The molecule has 0 aliphatic heterocycles. The van der Waals surface area contributed by atoms with Crippen LogP contribution in [0.1, 0.15) is 60.2 Å². The Kier molecular flexibility index (Phi) is 5.50. The average molecular weight is 299 g/mol. The van der Waals surface area contributed by atoms with Gasteiger partial charge in [-0.3, -0.25) is 0 Å². The summed E-state index contributed by atoms with van der Waals surface area (Å²) < 4.78 is 9.72. The number of esters is 1. The van der Waals surface area contributed by atoms with Crippen molar-refractivity contribution in [3.05, 3.63) is 5.82 Å². The van der Waals surface area contributed by atoms with Crippen LogP contribution in [0, 0.1) is 5.92 Å². The van der Waals surface area contributed by atoms with Crippen LogP contribution in [-0.2, 0) is 9.53 Å². The minimum atomic E-state index is -0.490. The number of carbonyl (C=O) groups excluding carboxylic acids is 1. The molecule has 0 amide bonds. The van der Waals surface area contributed by atoms with E-state index in [1.807, 2.05) is 48.5 Å². The Morgan fingerprint density at radius 2 is 1.85 bits per heavy atom. The molecular formula is C14H25N3O2S. The van der Waals surface area contributed by atoms with Gasteiger partial charge in [-0.2, -0.15) is 4.37 Å². The van der Waals surface area contributed by atoms with E-state index in [9.17, 15) is 4.79 Å². The number of nitrogens with one attached hydrogen (secondary N) is 1. The fourth-order valence-electron chi connectivity index (χ4n) is 1.52. The smallest absolute Gasteiger partial charge is 0.329 e. The van der Waals surface area contributed by atoms with Crippen LogP contribution >= 0.6 is 11.5 Å². The third kappa shape index (κ3) is 5.07. The fraction of sp³-hybridized carbons (Fsp3) is 0.786. The molecule has 0 radical (unpaired) electrons. The Labute approximate surface area is 125 Å². The Balaban J connectivity index is 2.79. The van der Waals surface area contributed by atoms with Crippen LogP contribution in [0.15, 0.2) is 0 Å². The molecule has 0 fully saturated rings. The number of carbonyl (C=O) groups is 1. The summed E-state index contributed by atoms with van der Waals surface area (Å²) in [5.41, 5.74) is -0.490. The molecule has 1 aromatic heterocycles. The number of aromatic nitrogens is 2. The predicted octanol–water partition coefficient (Wildman–Crippen LogP) is 3.44. The van der Waals surface area contributed by atoms with Gasteiger partial charge in [0, 0.05) is 17.5 Å². The van der Waals surface area contributed by atoms with Gasteiger partial charge in [0.15, 0.2) is 0 Å². The van der Waals surface area contributed by atoms with Gasteiger partial charge in [-0.25, -0.2) is 9.78 Å². The molecule has 0 saturated carbocycles. The van der Waals surface area contributed by atoms with E-state index >= 15 is 0 Å². The van der Waals surface area contributed by atoms with Gasteiger partial charge < -0.3 is 10.1 Å². The van der Waals surface area contributed by atoms with Crippen LogP contribution < -0.4 is 5.32 Å². The number of hydrogen-bond donors (Lipinski definition) is 1. The maximum atomic E-state index is 12.2. The maximum absolute atomic E-state index is 12.2. The topological polar surface area (TPSA) is 64.1 Å². The molecular weight excluding hydrogens is 274 g/mol. The van der Waals surface area contributed by atoms with E-state index in [4.69, 9.17) is 4.74 Å². The van der Waals surface area contributed by atoms with E-state index in [1.54, 1.807) is 0 Å². The molecule has 5 nitrogen and oxygen atoms in total. The summed E-state index contributed by atoms with van der Waals surface area (Å²) in [7, 11) is 0. The third-order valence-electron chi connectivity index (χ3n) is 2.56. The normalized spacial score (nSPS) is 13.7. The van der Waals surface area contributed by atoms with Crippen LogP contribution in [0.3, 0.4) is 0 Å². The molecule has 0 saturated heterocycles. The van der Waals surface area contributed by atoms with Crippen molar-refractivity contribution in [3.63, 3.8) is 0 Å². The SMILES string of the molecule is CC(C)c1nsc(N[C@H](C(=O)OC(C)(C)C)C(C)C)n1. The molecule has 1 N–H and O–H groups in total. The highest BCUT2D eigenvalue weighted by atomic mass is 32.1. The first kappa shape index (κ1) is 16.9. The highest BCUT2D eigenvalue weighted by Gasteiger charge is 2.28. The van der Waals surface area contributed by atoms with Crippen LogP contribution in [0.25, 0.3) is 0 Å². The number of ether oxygens (including phenoxy) is 1. The van der Waals surface area contributed by atoms with Crippen LogP contribution in [0.5, 0.6) is 0 Å². The van der Waals surface area contributed by atoms with E-state index in [0.717, 1.165) is 5.82 Å². The maximum Gasteiger partial charge on any atom is 0.329 e. The average Bonchev–Trinajstić information content (AvgIpc) is 2.71. The van der Waals surface area contributed by atoms with Crippen molar-refractivity contribution in [2.45, 2.75) is 66.0 Å². The molecule has 20 heavy (non-hydrogen) atoms. The standard InChI is InChI=1S/C14H25N3O2S/c1-8(2)10(12(18)19-14(5,6)7)15-13-16-11(9(3)4)17-20-13/h8-10H,1-7H3,(H,15,16,17)/t10-/m0/s1. The number of nitrogens with zero attached hydrogens (tertiary/aromatic N) is 2. The largest absolute Gasteiger partial charge is 0.458 e. The summed E-state index contributed by atoms with van der Waals surface area (Å²) in [4.78, 5) is 16.6. The zero-order chi connectivity index (χ0) is 15.5. The zero-order valence-electron chi connectivity index (χ0n) is 13.4. The van der Waals surface area contributed by atoms with Crippen molar-refractivity contribution >= 4 is 22.6 Å². The van der Waals surface area contributed by atoms with Gasteiger partial charge in [-0.15, -0.1) is 0 Å². The second-order valence-corrected chi connectivity index (χ2v) is 7.26. The molecule has 0 spiro atoms. The first-order chi connectivity index (χ1) is 9.10. The Hall–Kier alpha value is -1.17. The number of rotatable bonds is 5. The molecule has 0 aliphatic carbocycles. The lowest BCUT2D eigenvalue weighted by Crippen LogP contribution is -2.39. The van der Waals surface area contributed by atoms with Gasteiger partial charge >= 0.3 is 5.97 Å². The number of hydrogen-bond acceptors (Lipinski definition) is 6. The summed E-state index contributed by atoms with van der Waals surface area (Å²) in [6, 6.07) is -0.415. The Morgan fingerprint density at radius 3 is 2.25 bits per heavy atom. The van der Waals surface area contributed by atoms with E-state index in [-0.39, 0.29) is 17.8 Å². The minimum absolute atomic E-state index is 0.108. The van der Waals surface area contributed by atoms with E-state index < -0.39 is 11.6 Å². The summed E-state index contributed by atoms with van der Waals surface area (Å²) in [6.07, 6.45) is 0. The van der Waals surface area contributed by atoms with Gasteiger partial charge in [-0.1, -0.05) is 27.7 Å². The van der Waals surface area contributed by atoms with Gasteiger partial charge in [0.1, 0.15) is 17.5 Å². The lowest BCUT2D eigenvalue weighted by Gasteiger charge is -2.26. The first-order valence-electron chi connectivity index (χ1n) is 6.93. The van der Waals surface area contributed by atoms with Crippen molar-refractivity contribution in [2.75, 3.05) is 5.32 Å². The van der Waals surface area contributed by atoms with Crippen molar-refractivity contribution in [1.82, 2.24) is 9.36 Å². The first-order valence-corrected chi connectivity index (χ1v) is 7.70. The van der Waals surface area contributed by atoms with Gasteiger partial charge in [0.05, 0.1) is 0 Å². The van der Waals surface area contributed by atoms with Crippen LogP contribution in [0.4, 0.5) is 5.13 Å². The van der Waals surface area contributed by atoms with E-state index in [1.165, 1.54) is 11.5 Å². The monoisotopic (exact) mass is 299 g/mol. The van der Waals surface area contributed by atoms with Gasteiger partial charge in [-0.05, 0) is 26.7 Å². The predicted molar refractivity (Wildman–Crippen MR) is 82.1 cm³/mol. The Bertz CT molecular complexity index is 450. The van der Waals surface area contributed by atoms with Gasteiger partial charge in [0.25, 0.3) is 0 Å². The molecule has 0 unspecified atom stereocenters. The second kappa shape index (κ2) is 6.52. The van der Waals surface area contributed by atoms with Crippen LogP contribution in [-0.4, -0.2) is 27.0 Å². The second-order valence-electron chi connectivity index (χ2n) is 6.51. The molecule has 1 atom stereocenters. The lowest BCUT2D eigenvalue weighted by molar-refractivity contribution is -0.156. The molecule has 6 heteroatoms. The summed E-state index contributed by atoms with van der Waals surface area (Å²) in [5.74, 6) is 0.926. The molecule has 0 aliphatic rings. The highest BCUT2D eigenvalue weighted by Crippen LogP contribution is 2.21. The van der Waals surface area contributed by atoms with Crippen molar-refractivity contribution in [1.29, 1.82) is 0 Å². The molecule has 1 rings (SSSR count). The zero-order valence-corrected chi connectivity index (χ0v) is 14.2. The fourth-order valence-corrected chi connectivity index (χ4v) is 2.27.